The van der Waals surface area contributed by atoms with Gasteiger partial charge in [-0.25, -0.2) is 0 Å². The topological polar surface area (TPSA) is 37.3 Å². The van der Waals surface area contributed by atoms with E-state index in [1.807, 2.05) is 30.3 Å². The van der Waals surface area contributed by atoms with Crippen molar-refractivity contribution in [2.45, 2.75) is 10.4 Å². The fourth-order valence-corrected chi connectivity index (χ4v) is 1.31. The molecule has 0 fully saturated rings. The zero-order valence-corrected chi connectivity index (χ0v) is 9.24. The van der Waals surface area contributed by atoms with Crippen molar-refractivity contribution in [1.82, 2.24) is 0 Å². The van der Waals surface area contributed by atoms with Gasteiger partial charge in [-0.2, -0.15) is 0 Å². The van der Waals surface area contributed by atoms with E-state index in [4.69, 9.17) is 5.11 Å². The van der Waals surface area contributed by atoms with Gasteiger partial charge in [0, 0.05) is 0 Å². The van der Waals surface area contributed by atoms with E-state index in [-0.39, 0.29) is 0 Å². The number of aliphatic carboxylic acids is 1. The predicted octanol–water partition coefficient (Wildman–Crippen LogP) is 0.887. The van der Waals surface area contributed by atoms with Gasteiger partial charge in [0.15, 0.2) is 0 Å². The van der Waals surface area contributed by atoms with Gasteiger partial charge in [-0.1, -0.05) is 0 Å². The van der Waals surface area contributed by atoms with Gasteiger partial charge < -0.3 is 0 Å². The molecule has 12 heavy (non-hydrogen) atoms. The summed E-state index contributed by atoms with van der Waals surface area (Å²) in [5.41, 5.74) is 0.853. The van der Waals surface area contributed by atoms with E-state index in [9.17, 15) is 4.79 Å². The van der Waals surface area contributed by atoms with E-state index in [2.05, 4.69) is 0 Å². The van der Waals surface area contributed by atoms with Crippen LogP contribution in [0.2, 0.25) is 0 Å². The summed E-state index contributed by atoms with van der Waals surface area (Å²) < 4.78 is -0.740. The van der Waals surface area contributed by atoms with E-state index < -0.39 is 9.43 Å². The molecule has 2 nitrogen and oxygen atoms in total. The first-order valence-corrected chi connectivity index (χ1v) is 4.84. The molecule has 1 aromatic rings. The summed E-state index contributed by atoms with van der Waals surface area (Å²) in [5.74, 6) is -0.775. The number of carboxylic acids is 1. The average molecular weight is 278 g/mol. The molecule has 0 spiro atoms. The average Bonchev–Trinajstić information content (AvgIpc) is 2.06. The van der Waals surface area contributed by atoms with Gasteiger partial charge in [0.2, 0.25) is 0 Å². The molecule has 0 aliphatic rings. The number of benzene rings is 1. The van der Waals surface area contributed by atoms with Gasteiger partial charge >= 0.3 is 84.4 Å². The van der Waals surface area contributed by atoms with Crippen molar-refractivity contribution in [3.05, 3.63) is 35.9 Å². The van der Waals surface area contributed by atoms with Crippen LogP contribution in [-0.4, -0.2) is 33.4 Å². The van der Waals surface area contributed by atoms with Gasteiger partial charge in [-0.3, -0.25) is 0 Å². The minimum atomic E-state index is -0.775. The third kappa shape index (κ3) is 1.80. The van der Waals surface area contributed by atoms with Gasteiger partial charge in [0.05, 0.1) is 0 Å². The first kappa shape index (κ1) is 9.57. The molecule has 0 aliphatic carbocycles. The molecule has 0 heterocycles. The molecule has 0 aromatic heterocycles. The molecule has 0 radical (unpaired) electrons. The Bertz CT molecular complexity index is 280. The normalized spacial score (nSPS) is 15.2. The number of hydrogen-bond donors (Lipinski definition) is 1. The van der Waals surface area contributed by atoms with Crippen molar-refractivity contribution < 1.29 is 9.90 Å². The molecule has 3 heteroatoms. The predicted molar refractivity (Wildman–Crippen MR) is 48.6 cm³/mol. The summed E-state index contributed by atoms with van der Waals surface area (Å²) in [7, 11) is 0. The summed E-state index contributed by atoms with van der Waals surface area (Å²) in [6, 6.07) is 9.27. The Morgan fingerprint density at radius 1 is 1.42 bits per heavy atom. The Morgan fingerprint density at radius 3 is 2.33 bits per heavy atom. The molecule has 0 saturated heterocycles. The van der Waals surface area contributed by atoms with Crippen LogP contribution in [0.1, 0.15) is 12.5 Å². The molecule has 0 bridgehead atoms. The van der Waals surface area contributed by atoms with Crippen molar-refractivity contribution in [3.63, 3.8) is 0 Å². The first-order valence-electron chi connectivity index (χ1n) is 3.56. The molecular weight excluding hydrogens is 268 g/mol. The Morgan fingerprint density at radius 2 is 1.92 bits per heavy atom. The number of carbonyl (C=O) groups is 1. The van der Waals surface area contributed by atoms with Gasteiger partial charge in [-0.05, 0) is 0 Å². The standard InChI is InChI=1S/C9H10O2Te/c1-9(12,8(10)11)7-5-3-2-4-6-7/h2-6,12H,1H3,(H,10,11). The second kappa shape index (κ2) is 3.47. The SMILES string of the molecule is CC([TeH])(C(=O)O)c1ccccc1. The van der Waals surface area contributed by atoms with E-state index in [1.54, 1.807) is 6.92 Å². The van der Waals surface area contributed by atoms with Gasteiger partial charge in [0.1, 0.15) is 0 Å². The van der Waals surface area contributed by atoms with Crippen LogP contribution in [0.3, 0.4) is 0 Å². The third-order valence-electron chi connectivity index (χ3n) is 1.75. The first-order chi connectivity index (χ1) is 5.55. The van der Waals surface area contributed by atoms with Crippen molar-refractivity contribution in [3.8, 4) is 0 Å². The quantitative estimate of drug-likeness (QED) is 0.815. The van der Waals surface area contributed by atoms with Crippen LogP contribution in [0.4, 0.5) is 0 Å². The van der Waals surface area contributed by atoms with Crippen LogP contribution in [0.25, 0.3) is 0 Å². The maximum absolute atomic E-state index is 10.8. The molecule has 0 aliphatic heterocycles. The Labute approximate surface area is 84.5 Å². The van der Waals surface area contributed by atoms with Crippen molar-refractivity contribution >= 4 is 28.3 Å². The Kier molecular flexibility index (Phi) is 2.76. The van der Waals surface area contributed by atoms with Crippen molar-refractivity contribution in [2.24, 2.45) is 0 Å². The summed E-state index contributed by atoms with van der Waals surface area (Å²) >= 11 is 1.31. The molecule has 0 saturated carbocycles. The molecule has 1 rings (SSSR count). The minimum absolute atomic E-state index is 0.740. The molecule has 1 atom stereocenters. The molecule has 1 unspecified atom stereocenters. The van der Waals surface area contributed by atoms with Crippen LogP contribution in [0.15, 0.2) is 30.3 Å². The third-order valence-corrected chi connectivity index (χ3v) is 3.04. The van der Waals surface area contributed by atoms with E-state index in [0.717, 1.165) is 5.56 Å². The Balaban J connectivity index is 3.06. The van der Waals surface area contributed by atoms with Crippen LogP contribution < -0.4 is 0 Å². The molecule has 1 N–H and O–H groups in total. The zero-order valence-electron chi connectivity index (χ0n) is 6.69. The Hall–Kier alpha value is -0.520. The molecular formula is C9H10O2Te. The van der Waals surface area contributed by atoms with Gasteiger partial charge in [0.25, 0.3) is 0 Å². The van der Waals surface area contributed by atoms with Crippen LogP contribution in [-0.2, 0) is 8.26 Å². The van der Waals surface area contributed by atoms with E-state index in [0.29, 0.717) is 0 Å². The number of hydrogen-bond acceptors (Lipinski definition) is 1. The fraction of sp³-hybridized carbons (Fsp3) is 0.222. The monoisotopic (exact) mass is 280 g/mol. The van der Waals surface area contributed by atoms with E-state index >= 15 is 0 Å². The number of rotatable bonds is 2. The second-order valence-corrected chi connectivity index (χ2v) is 5.30. The summed E-state index contributed by atoms with van der Waals surface area (Å²) in [6.45, 7) is 1.72. The van der Waals surface area contributed by atoms with Crippen LogP contribution in [0.5, 0.6) is 0 Å². The van der Waals surface area contributed by atoms with Gasteiger partial charge in [-0.15, -0.1) is 0 Å². The summed E-state index contributed by atoms with van der Waals surface area (Å²) in [4.78, 5) is 10.8. The second-order valence-electron chi connectivity index (χ2n) is 2.74. The van der Waals surface area contributed by atoms with Crippen molar-refractivity contribution in [1.29, 1.82) is 0 Å². The van der Waals surface area contributed by atoms with E-state index in [1.165, 1.54) is 22.3 Å². The molecule has 1 aromatic carbocycles. The fourth-order valence-electron chi connectivity index (χ4n) is 0.886. The summed E-state index contributed by atoms with van der Waals surface area (Å²) in [5, 5.41) is 8.91. The zero-order chi connectivity index (χ0) is 9.19. The molecule has 0 amide bonds. The maximum atomic E-state index is 10.8. The summed E-state index contributed by atoms with van der Waals surface area (Å²) in [6.07, 6.45) is 0. The number of carboxylic acid groups (broad SMARTS) is 1. The molecule has 64 valence electrons. The van der Waals surface area contributed by atoms with Crippen LogP contribution in [0, 0.1) is 0 Å². The van der Waals surface area contributed by atoms with Crippen LogP contribution >= 0.6 is 0 Å². The van der Waals surface area contributed by atoms with Crippen molar-refractivity contribution in [2.75, 3.05) is 0 Å².